The molecule has 20 heavy (non-hydrogen) atoms. The maximum atomic E-state index is 13.8. The lowest BCUT2D eigenvalue weighted by atomic mass is 9.75. The number of amides is 1. The minimum atomic E-state index is -3.75. The van der Waals surface area contributed by atoms with Crippen LogP contribution in [0.1, 0.15) is 49.7 Å². The lowest BCUT2D eigenvalue weighted by Crippen LogP contribution is -2.60. The zero-order chi connectivity index (χ0) is 15.0. The van der Waals surface area contributed by atoms with Crippen LogP contribution >= 0.6 is 11.3 Å². The highest BCUT2D eigenvalue weighted by Gasteiger charge is 2.61. The van der Waals surface area contributed by atoms with Gasteiger partial charge in [0, 0.05) is 5.38 Å². The lowest BCUT2D eigenvalue weighted by molar-refractivity contribution is -0.216. The van der Waals surface area contributed by atoms with E-state index in [2.05, 4.69) is 10.3 Å². The van der Waals surface area contributed by atoms with Gasteiger partial charge in [0.1, 0.15) is 10.6 Å². The second-order valence-electron chi connectivity index (χ2n) is 5.46. The fourth-order valence-corrected chi connectivity index (χ4v) is 2.87. The Kier molecular flexibility index (Phi) is 4.11. The van der Waals surface area contributed by atoms with Crippen molar-refractivity contribution in [3.8, 4) is 0 Å². The van der Waals surface area contributed by atoms with Crippen LogP contribution in [0.4, 0.5) is 8.78 Å². The van der Waals surface area contributed by atoms with E-state index >= 15 is 0 Å². The molecule has 0 radical (unpaired) electrons. The van der Waals surface area contributed by atoms with Crippen molar-refractivity contribution in [2.75, 3.05) is 0 Å². The number of thiazole rings is 1. The number of hydrogen-bond acceptors (Lipinski definition) is 4. The standard InChI is InChI=1S/C13H18F2N2O2S/c1-8(2)9-7-20-10(17-9)6-16-11(18)13(14,15)12(19)4-3-5-12/h7-8,19H,3-6H2,1-2H3,(H,16,18). The van der Waals surface area contributed by atoms with Gasteiger partial charge in [-0.2, -0.15) is 8.78 Å². The van der Waals surface area contributed by atoms with Crippen molar-refractivity contribution >= 4 is 17.2 Å². The van der Waals surface area contributed by atoms with Crippen molar-refractivity contribution in [3.05, 3.63) is 16.1 Å². The van der Waals surface area contributed by atoms with Gasteiger partial charge in [0.2, 0.25) is 0 Å². The van der Waals surface area contributed by atoms with Crippen molar-refractivity contribution in [2.45, 2.75) is 57.1 Å². The van der Waals surface area contributed by atoms with Crippen molar-refractivity contribution in [3.63, 3.8) is 0 Å². The van der Waals surface area contributed by atoms with Gasteiger partial charge in [-0.05, 0) is 25.2 Å². The highest BCUT2D eigenvalue weighted by atomic mass is 32.1. The van der Waals surface area contributed by atoms with Crippen LogP contribution in [0.5, 0.6) is 0 Å². The first kappa shape index (κ1) is 15.3. The average molecular weight is 304 g/mol. The fraction of sp³-hybridized carbons (Fsp3) is 0.692. The molecule has 1 fully saturated rings. The second-order valence-corrected chi connectivity index (χ2v) is 6.41. The van der Waals surface area contributed by atoms with Crippen LogP contribution in [0.15, 0.2) is 5.38 Å². The number of aromatic nitrogens is 1. The largest absolute Gasteiger partial charge is 0.383 e. The topological polar surface area (TPSA) is 62.2 Å². The van der Waals surface area contributed by atoms with Gasteiger partial charge in [-0.3, -0.25) is 4.79 Å². The van der Waals surface area contributed by atoms with Crippen LogP contribution in [0, 0.1) is 0 Å². The third-order valence-electron chi connectivity index (χ3n) is 3.61. The van der Waals surface area contributed by atoms with Gasteiger partial charge in [0.05, 0.1) is 12.2 Å². The number of carbonyl (C=O) groups is 1. The van der Waals surface area contributed by atoms with E-state index in [4.69, 9.17) is 0 Å². The van der Waals surface area contributed by atoms with Crippen molar-refractivity contribution < 1.29 is 18.7 Å². The van der Waals surface area contributed by atoms with Crippen LogP contribution < -0.4 is 5.32 Å². The molecular formula is C13H18F2N2O2S. The van der Waals surface area contributed by atoms with Crippen LogP contribution in [0.3, 0.4) is 0 Å². The zero-order valence-electron chi connectivity index (χ0n) is 11.4. The van der Waals surface area contributed by atoms with E-state index in [1.165, 1.54) is 11.3 Å². The summed E-state index contributed by atoms with van der Waals surface area (Å²) in [6.07, 6.45) is 0.438. The van der Waals surface area contributed by atoms with E-state index in [1.807, 2.05) is 19.2 Å². The highest BCUT2D eigenvalue weighted by molar-refractivity contribution is 7.09. The van der Waals surface area contributed by atoms with E-state index in [1.54, 1.807) is 0 Å². The van der Waals surface area contributed by atoms with Crippen LogP contribution in [0.2, 0.25) is 0 Å². The summed E-state index contributed by atoms with van der Waals surface area (Å²) in [4.78, 5) is 15.8. The van der Waals surface area contributed by atoms with E-state index in [9.17, 15) is 18.7 Å². The van der Waals surface area contributed by atoms with Gasteiger partial charge < -0.3 is 10.4 Å². The van der Waals surface area contributed by atoms with Gasteiger partial charge in [-0.15, -0.1) is 11.3 Å². The van der Waals surface area contributed by atoms with Crippen LogP contribution in [-0.4, -0.2) is 27.5 Å². The first-order valence-corrected chi connectivity index (χ1v) is 7.47. The predicted molar refractivity (Wildman–Crippen MR) is 71.8 cm³/mol. The molecule has 2 rings (SSSR count). The molecule has 7 heteroatoms. The Bertz CT molecular complexity index is 498. The molecule has 1 aromatic heterocycles. The molecule has 0 aliphatic heterocycles. The Morgan fingerprint density at radius 2 is 2.25 bits per heavy atom. The SMILES string of the molecule is CC(C)c1csc(CNC(=O)C(F)(F)C2(O)CCC2)n1. The summed E-state index contributed by atoms with van der Waals surface area (Å²) in [7, 11) is 0. The van der Waals surface area contributed by atoms with E-state index < -0.39 is 17.4 Å². The molecule has 0 unspecified atom stereocenters. The number of rotatable bonds is 5. The third-order valence-corrected chi connectivity index (χ3v) is 4.48. The fourth-order valence-electron chi connectivity index (χ4n) is 1.98. The molecule has 0 atom stereocenters. The molecule has 0 spiro atoms. The number of hydrogen-bond donors (Lipinski definition) is 2. The monoisotopic (exact) mass is 304 g/mol. The van der Waals surface area contributed by atoms with E-state index in [0.717, 1.165) is 5.69 Å². The summed E-state index contributed by atoms with van der Waals surface area (Å²) in [5.41, 5.74) is -1.30. The Labute approximate surface area is 120 Å². The molecule has 4 nitrogen and oxygen atoms in total. The van der Waals surface area contributed by atoms with Gasteiger partial charge >= 0.3 is 5.92 Å². The van der Waals surface area contributed by atoms with Crippen molar-refractivity contribution in [1.29, 1.82) is 0 Å². The Balaban J connectivity index is 1.94. The minimum absolute atomic E-state index is 0.0395. The molecule has 1 saturated carbocycles. The quantitative estimate of drug-likeness (QED) is 0.878. The lowest BCUT2D eigenvalue weighted by Gasteiger charge is -2.41. The maximum absolute atomic E-state index is 13.8. The number of alkyl halides is 2. The number of carbonyl (C=O) groups excluding carboxylic acids is 1. The molecule has 1 aliphatic carbocycles. The molecule has 112 valence electrons. The Hall–Kier alpha value is -1.08. The number of nitrogens with zero attached hydrogens (tertiary/aromatic N) is 1. The second kappa shape index (κ2) is 5.37. The summed E-state index contributed by atoms with van der Waals surface area (Å²) < 4.78 is 27.6. The molecule has 0 aromatic carbocycles. The molecule has 0 bridgehead atoms. The average Bonchev–Trinajstić information content (AvgIpc) is 2.81. The molecular weight excluding hydrogens is 286 g/mol. The normalized spacial score (nSPS) is 17.9. The van der Waals surface area contributed by atoms with Crippen LogP contribution in [0.25, 0.3) is 0 Å². The summed E-state index contributed by atoms with van der Waals surface area (Å²) in [5, 5.41) is 14.3. The van der Waals surface area contributed by atoms with Crippen molar-refractivity contribution in [1.82, 2.24) is 10.3 Å². The van der Waals surface area contributed by atoms with E-state index in [0.29, 0.717) is 11.4 Å². The molecule has 2 N–H and O–H groups in total. The Morgan fingerprint density at radius 1 is 1.60 bits per heavy atom. The van der Waals surface area contributed by atoms with E-state index in [-0.39, 0.29) is 25.3 Å². The minimum Gasteiger partial charge on any atom is -0.383 e. The molecule has 1 heterocycles. The van der Waals surface area contributed by atoms with Gasteiger partial charge in [-0.25, -0.2) is 4.98 Å². The summed E-state index contributed by atoms with van der Waals surface area (Å²) in [6.45, 7) is 3.93. The van der Waals surface area contributed by atoms with Gasteiger partial charge in [-0.1, -0.05) is 13.8 Å². The third kappa shape index (κ3) is 2.69. The van der Waals surface area contributed by atoms with Gasteiger partial charge in [0.25, 0.3) is 5.91 Å². The number of halogens is 2. The first-order chi connectivity index (χ1) is 9.26. The molecule has 1 aliphatic rings. The summed E-state index contributed by atoms with van der Waals surface area (Å²) in [6, 6.07) is 0. The Morgan fingerprint density at radius 3 is 2.70 bits per heavy atom. The summed E-state index contributed by atoms with van der Waals surface area (Å²) in [5.74, 6) is -4.92. The number of nitrogens with one attached hydrogen (secondary N) is 1. The summed E-state index contributed by atoms with van der Waals surface area (Å²) >= 11 is 1.32. The first-order valence-electron chi connectivity index (χ1n) is 6.59. The maximum Gasteiger partial charge on any atom is 0.352 e. The van der Waals surface area contributed by atoms with Crippen LogP contribution in [-0.2, 0) is 11.3 Å². The highest BCUT2D eigenvalue weighted by Crippen LogP contribution is 2.44. The molecule has 1 aromatic rings. The van der Waals surface area contributed by atoms with Gasteiger partial charge in [0.15, 0.2) is 0 Å². The van der Waals surface area contributed by atoms with Crippen molar-refractivity contribution in [2.24, 2.45) is 0 Å². The molecule has 1 amide bonds. The predicted octanol–water partition coefficient (Wildman–Crippen LogP) is 2.43. The smallest absolute Gasteiger partial charge is 0.352 e. The number of aliphatic hydroxyl groups is 1. The zero-order valence-corrected chi connectivity index (χ0v) is 12.3. The molecule has 0 saturated heterocycles.